The summed E-state index contributed by atoms with van der Waals surface area (Å²) >= 11 is 0. The van der Waals surface area contributed by atoms with Gasteiger partial charge in [0, 0.05) is 24.5 Å². The van der Waals surface area contributed by atoms with Gasteiger partial charge in [-0.25, -0.2) is 0 Å². The molecule has 1 aromatic heterocycles. The van der Waals surface area contributed by atoms with Crippen LogP contribution in [0, 0.1) is 6.92 Å². The van der Waals surface area contributed by atoms with Crippen LogP contribution < -0.4 is 4.74 Å². The van der Waals surface area contributed by atoms with E-state index in [1.165, 1.54) is 6.42 Å². The van der Waals surface area contributed by atoms with Gasteiger partial charge in [0.1, 0.15) is 5.75 Å². The van der Waals surface area contributed by atoms with Gasteiger partial charge in [0.25, 0.3) is 5.91 Å². The molecule has 1 aliphatic rings. The van der Waals surface area contributed by atoms with Gasteiger partial charge in [-0.1, -0.05) is 0 Å². The lowest BCUT2D eigenvalue weighted by atomic mass is 9.99. The van der Waals surface area contributed by atoms with Crippen molar-refractivity contribution in [2.45, 2.75) is 32.2 Å². The summed E-state index contributed by atoms with van der Waals surface area (Å²) in [6.45, 7) is 3.65. The van der Waals surface area contributed by atoms with E-state index in [1.54, 1.807) is 7.11 Å². The number of ether oxygens (including phenoxy) is 1. The summed E-state index contributed by atoms with van der Waals surface area (Å²) in [5, 5.41) is 0.939. The maximum atomic E-state index is 13.2. The summed E-state index contributed by atoms with van der Waals surface area (Å²) in [5.74, 6) is 0.876. The van der Waals surface area contributed by atoms with Crippen LogP contribution in [-0.2, 0) is 0 Å². The van der Waals surface area contributed by atoms with Gasteiger partial charge in [-0.3, -0.25) is 9.78 Å². The largest absolute Gasteiger partial charge is 0.497 e. The van der Waals surface area contributed by atoms with Crippen LogP contribution in [0.2, 0.25) is 0 Å². The summed E-state index contributed by atoms with van der Waals surface area (Å²) in [7, 11) is 5.77. The molecule has 5 heteroatoms. The summed E-state index contributed by atoms with van der Waals surface area (Å²) in [6.07, 6.45) is 3.33. The van der Waals surface area contributed by atoms with Crippen LogP contribution >= 0.6 is 0 Å². The maximum Gasteiger partial charge on any atom is 0.256 e. The summed E-state index contributed by atoms with van der Waals surface area (Å²) in [4.78, 5) is 22.1. The number of likely N-dealkylation sites (tertiary alicyclic amines) is 1. The Morgan fingerprint density at radius 1 is 1.32 bits per heavy atom. The third-order valence-corrected chi connectivity index (χ3v) is 4.91. The van der Waals surface area contributed by atoms with Crippen molar-refractivity contribution in [2.75, 3.05) is 34.3 Å². The first-order valence-electron chi connectivity index (χ1n) is 8.90. The minimum atomic E-state index is 0.0984. The highest BCUT2D eigenvalue weighted by atomic mass is 16.5. The van der Waals surface area contributed by atoms with Crippen LogP contribution in [0.4, 0.5) is 0 Å². The Balaban J connectivity index is 1.95. The van der Waals surface area contributed by atoms with E-state index in [0.717, 1.165) is 48.3 Å². The Hall–Kier alpha value is -2.14. The molecular formula is C20H27N3O2. The molecule has 0 bridgehead atoms. The molecule has 0 saturated carbocycles. The first kappa shape index (κ1) is 17.7. The molecular weight excluding hydrogens is 314 g/mol. The number of hydrogen-bond acceptors (Lipinski definition) is 4. The number of rotatable bonds is 4. The zero-order valence-corrected chi connectivity index (χ0v) is 15.6. The number of piperidine rings is 1. The van der Waals surface area contributed by atoms with Gasteiger partial charge in [-0.2, -0.15) is 0 Å². The van der Waals surface area contributed by atoms with E-state index in [0.29, 0.717) is 5.56 Å². The molecule has 2 aromatic rings. The molecule has 0 radical (unpaired) electrons. The van der Waals surface area contributed by atoms with Crippen molar-refractivity contribution in [1.29, 1.82) is 0 Å². The smallest absolute Gasteiger partial charge is 0.256 e. The highest BCUT2D eigenvalue weighted by Gasteiger charge is 2.29. The van der Waals surface area contributed by atoms with Crippen molar-refractivity contribution < 1.29 is 9.53 Å². The molecule has 2 heterocycles. The number of carbonyl (C=O) groups is 1. The van der Waals surface area contributed by atoms with Crippen molar-refractivity contribution in [3.8, 4) is 5.75 Å². The number of aromatic nitrogens is 1. The lowest BCUT2D eigenvalue weighted by molar-refractivity contribution is 0.0573. The number of likely N-dealkylation sites (N-methyl/N-ethyl adjacent to an activating group) is 1. The molecule has 1 fully saturated rings. The molecule has 5 nitrogen and oxygen atoms in total. The molecule has 0 aliphatic carbocycles. The lowest BCUT2D eigenvalue weighted by Crippen LogP contribution is -2.48. The van der Waals surface area contributed by atoms with Crippen LogP contribution in [0.3, 0.4) is 0 Å². The van der Waals surface area contributed by atoms with Gasteiger partial charge in [-0.15, -0.1) is 0 Å². The van der Waals surface area contributed by atoms with Gasteiger partial charge in [-0.05, 0) is 64.5 Å². The minimum Gasteiger partial charge on any atom is -0.497 e. The first-order chi connectivity index (χ1) is 12.0. The molecule has 0 N–H and O–H groups in total. The predicted molar refractivity (Wildman–Crippen MR) is 100 cm³/mol. The molecule has 0 unspecified atom stereocenters. The number of pyridine rings is 1. The number of benzene rings is 1. The van der Waals surface area contributed by atoms with E-state index < -0.39 is 0 Å². The van der Waals surface area contributed by atoms with Crippen molar-refractivity contribution in [3.05, 3.63) is 35.5 Å². The fourth-order valence-electron chi connectivity index (χ4n) is 3.63. The van der Waals surface area contributed by atoms with Gasteiger partial charge in [0.2, 0.25) is 0 Å². The molecule has 3 rings (SSSR count). The van der Waals surface area contributed by atoms with Crippen molar-refractivity contribution in [1.82, 2.24) is 14.8 Å². The zero-order valence-electron chi connectivity index (χ0n) is 15.6. The van der Waals surface area contributed by atoms with E-state index in [4.69, 9.17) is 4.74 Å². The summed E-state index contributed by atoms with van der Waals surface area (Å²) in [5.41, 5.74) is 2.38. The van der Waals surface area contributed by atoms with Crippen molar-refractivity contribution in [3.63, 3.8) is 0 Å². The number of aryl methyl sites for hydroxylation is 1. The second-order valence-electron chi connectivity index (χ2n) is 7.09. The number of methoxy groups -OCH3 is 1. The van der Waals surface area contributed by atoms with E-state index >= 15 is 0 Å². The monoisotopic (exact) mass is 341 g/mol. The fourth-order valence-corrected chi connectivity index (χ4v) is 3.63. The van der Waals surface area contributed by atoms with Gasteiger partial charge in [0.15, 0.2) is 0 Å². The zero-order chi connectivity index (χ0) is 18.0. The van der Waals surface area contributed by atoms with E-state index in [-0.39, 0.29) is 11.9 Å². The second-order valence-corrected chi connectivity index (χ2v) is 7.09. The van der Waals surface area contributed by atoms with Crippen LogP contribution in [0.5, 0.6) is 5.75 Å². The Labute approximate surface area is 149 Å². The highest BCUT2D eigenvalue weighted by Crippen LogP contribution is 2.25. The minimum absolute atomic E-state index is 0.0984. The number of carbonyl (C=O) groups excluding carboxylic acids is 1. The summed E-state index contributed by atoms with van der Waals surface area (Å²) in [6, 6.07) is 8.01. The molecule has 1 aliphatic heterocycles. The molecule has 1 atom stereocenters. The number of fused-ring (bicyclic) bond motifs is 1. The van der Waals surface area contributed by atoms with Gasteiger partial charge in [0.05, 0.1) is 23.9 Å². The Kier molecular flexibility index (Phi) is 5.23. The quantitative estimate of drug-likeness (QED) is 0.857. The van der Waals surface area contributed by atoms with Crippen LogP contribution in [0.25, 0.3) is 10.9 Å². The Bertz CT molecular complexity index is 773. The van der Waals surface area contributed by atoms with Crippen LogP contribution in [0.1, 0.15) is 35.3 Å². The topological polar surface area (TPSA) is 45.7 Å². The standard InChI is InChI=1S/C20H27N3O2/c1-14-18(12-15-11-17(25-4)8-9-19(15)21-14)20(24)23-10-6-5-7-16(23)13-22(2)3/h8-9,11-12,16H,5-7,10,13H2,1-4H3/t16-/m0/s1. The van der Waals surface area contributed by atoms with E-state index in [2.05, 4.69) is 24.0 Å². The molecule has 134 valence electrons. The third kappa shape index (κ3) is 3.76. The Morgan fingerprint density at radius 2 is 2.12 bits per heavy atom. The van der Waals surface area contributed by atoms with E-state index in [9.17, 15) is 4.79 Å². The molecule has 1 saturated heterocycles. The van der Waals surface area contributed by atoms with Crippen molar-refractivity contribution in [2.24, 2.45) is 0 Å². The molecule has 1 amide bonds. The average Bonchev–Trinajstić information content (AvgIpc) is 2.60. The molecule has 25 heavy (non-hydrogen) atoms. The number of amides is 1. The molecule has 0 spiro atoms. The summed E-state index contributed by atoms with van der Waals surface area (Å²) < 4.78 is 5.30. The van der Waals surface area contributed by atoms with Crippen LogP contribution in [0.15, 0.2) is 24.3 Å². The lowest BCUT2D eigenvalue weighted by Gasteiger charge is -2.37. The van der Waals surface area contributed by atoms with Gasteiger partial charge < -0.3 is 14.5 Å². The second kappa shape index (κ2) is 7.40. The maximum absolute atomic E-state index is 13.2. The predicted octanol–water partition coefficient (Wildman–Crippen LogP) is 3.11. The van der Waals surface area contributed by atoms with Gasteiger partial charge >= 0.3 is 0 Å². The fraction of sp³-hybridized carbons (Fsp3) is 0.500. The SMILES string of the molecule is COc1ccc2nc(C)c(C(=O)N3CCCC[C@H]3CN(C)C)cc2c1. The van der Waals surface area contributed by atoms with Crippen molar-refractivity contribution >= 4 is 16.8 Å². The highest BCUT2D eigenvalue weighted by molar-refractivity contribution is 5.99. The Morgan fingerprint density at radius 3 is 2.84 bits per heavy atom. The third-order valence-electron chi connectivity index (χ3n) is 4.91. The number of nitrogens with zero attached hydrogens (tertiary/aromatic N) is 3. The molecule has 1 aromatic carbocycles. The van der Waals surface area contributed by atoms with Crippen LogP contribution in [-0.4, -0.2) is 61.0 Å². The number of hydrogen-bond donors (Lipinski definition) is 0. The van der Waals surface area contributed by atoms with E-state index in [1.807, 2.05) is 36.1 Å². The normalized spacial score (nSPS) is 18.0. The average molecular weight is 341 g/mol. The first-order valence-corrected chi connectivity index (χ1v) is 8.90.